The number of hydrogen-bond donors (Lipinski definition) is 1. The molecule has 9 heteroatoms. The van der Waals surface area contributed by atoms with Crippen LogP contribution in [0.15, 0.2) is 54.9 Å². The van der Waals surface area contributed by atoms with E-state index in [0.29, 0.717) is 61.7 Å². The molecule has 188 valence electrons. The number of nitrogens with zero attached hydrogens (tertiary/aromatic N) is 3. The molecule has 2 aromatic carbocycles. The Balaban J connectivity index is 1.35. The van der Waals surface area contributed by atoms with Crippen LogP contribution in [0.1, 0.15) is 11.4 Å². The highest BCUT2D eigenvalue weighted by atomic mass is 35.5. The molecule has 0 bridgehead atoms. The molecule has 1 fully saturated rings. The number of imidazole rings is 1. The molecule has 1 N–H and O–H groups in total. The second kappa shape index (κ2) is 11.8. The molecule has 1 aromatic heterocycles. The Hall–Kier alpha value is -2.78. The average Bonchev–Trinajstić information content (AvgIpc) is 3.17. The smallest absolute Gasteiger partial charge is 0.161 e. The number of benzene rings is 2. The molecule has 3 aromatic rings. The molecule has 1 atom stereocenters. The van der Waals surface area contributed by atoms with Crippen molar-refractivity contribution < 1.29 is 24.1 Å². The fourth-order valence-electron chi connectivity index (χ4n) is 4.05. The van der Waals surface area contributed by atoms with Crippen LogP contribution in [0, 0.1) is 6.92 Å². The van der Waals surface area contributed by atoms with Gasteiger partial charge in [-0.15, -0.1) is 0 Å². The zero-order chi connectivity index (χ0) is 24.7. The summed E-state index contributed by atoms with van der Waals surface area (Å²) in [5.41, 5.74) is -0.0723. The fourth-order valence-corrected chi connectivity index (χ4v) is 4.18. The van der Waals surface area contributed by atoms with Crippen molar-refractivity contribution in [1.29, 1.82) is 0 Å². The Kier molecular flexibility index (Phi) is 8.51. The van der Waals surface area contributed by atoms with E-state index in [9.17, 15) is 5.11 Å². The van der Waals surface area contributed by atoms with E-state index in [4.69, 9.17) is 30.5 Å². The van der Waals surface area contributed by atoms with Crippen LogP contribution in [0.5, 0.6) is 17.2 Å². The van der Waals surface area contributed by atoms with Gasteiger partial charge >= 0.3 is 0 Å². The van der Waals surface area contributed by atoms with E-state index in [2.05, 4.69) is 9.88 Å². The Morgan fingerprint density at radius 2 is 1.97 bits per heavy atom. The number of β-amino-alcohol motifs (C(OH)–C–C–N with tert-alkyl or cyclic N) is 1. The van der Waals surface area contributed by atoms with E-state index in [1.165, 1.54) is 0 Å². The molecule has 8 nitrogen and oxygen atoms in total. The summed E-state index contributed by atoms with van der Waals surface area (Å²) in [5.74, 6) is 2.98. The summed E-state index contributed by atoms with van der Waals surface area (Å²) in [6.07, 6.45) is 3.72. The van der Waals surface area contributed by atoms with E-state index in [1.807, 2.05) is 35.9 Å². The van der Waals surface area contributed by atoms with Crippen molar-refractivity contribution in [3.63, 3.8) is 0 Å². The first kappa shape index (κ1) is 25.3. The second-order valence-corrected chi connectivity index (χ2v) is 9.17. The van der Waals surface area contributed by atoms with Crippen molar-refractivity contribution in [2.45, 2.75) is 25.6 Å². The lowest BCUT2D eigenvalue weighted by atomic mass is 10.1. The van der Waals surface area contributed by atoms with Crippen LogP contribution in [0.2, 0.25) is 5.02 Å². The topological polar surface area (TPSA) is 78.2 Å². The van der Waals surface area contributed by atoms with Gasteiger partial charge in [-0.1, -0.05) is 17.7 Å². The Labute approximate surface area is 211 Å². The molecule has 0 spiro atoms. The van der Waals surface area contributed by atoms with Crippen LogP contribution in [0.3, 0.4) is 0 Å². The maximum atomic E-state index is 11.2. The molecular formula is C26H32ClN3O5. The van der Waals surface area contributed by atoms with E-state index >= 15 is 0 Å². The predicted octanol–water partition coefficient (Wildman–Crippen LogP) is 3.57. The largest absolute Gasteiger partial charge is 0.493 e. The van der Waals surface area contributed by atoms with Gasteiger partial charge in [-0.2, -0.15) is 0 Å². The molecule has 2 heterocycles. The summed E-state index contributed by atoms with van der Waals surface area (Å²) in [6.45, 7) is 5.82. The van der Waals surface area contributed by atoms with Crippen molar-refractivity contribution in [3.8, 4) is 17.2 Å². The van der Waals surface area contributed by atoms with Crippen molar-refractivity contribution >= 4 is 11.6 Å². The number of aliphatic hydroxyl groups is 1. The van der Waals surface area contributed by atoms with Gasteiger partial charge in [0.25, 0.3) is 0 Å². The van der Waals surface area contributed by atoms with E-state index in [-0.39, 0.29) is 13.2 Å². The molecule has 1 aliphatic heterocycles. The first-order chi connectivity index (χ1) is 16.9. The molecule has 0 amide bonds. The number of rotatable bonds is 10. The van der Waals surface area contributed by atoms with Gasteiger partial charge in [-0.25, -0.2) is 4.98 Å². The molecule has 0 unspecified atom stereocenters. The number of ether oxygens (including phenoxy) is 4. The maximum absolute atomic E-state index is 11.2. The van der Waals surface area contributed by atoms with E-state index < -0.39 is 5.60 Å². The minimum Gasteiger partial charge on any atom is -0.493 e. The Bertz CT molecular complexity index is 1090. The van der Waals surface area contributed by atoms with Crippen molar-refractivity contribution in [2.75, 3.05) is 46.6 Å². The highest BCUT2D eigenvalue weighted by Crippen LogP contribution is 2.29. The van der Waals surface area contributed by atoms with E-state index in [1.54, 1.807) is 37.6 Å². The molecule has 35 heavy (non-hydrogen) atoms. The summed E-state index contributed by atoms with van der Waals surface area (Å²) < 4.78 is 25.1. The molecule has 1 saturated heterocycles. The molecular weight excluding hydrogens is 470 g/mol. The third kappa shape index (κ3) is 7.11. The zero-order valence-electron chi connectivity index (χ0n) is 20.2. The number of halogens is 1. The van der Waals surface area contributed by atoms with Gasteiger partial charge in [-0.3, -0.25) is 4.90 Å². The lowest BCUT2D eigenvalue weighted by Crippen LogP contribution is -2.48. The Morgan fingerprint density at radius 3 is 2.71 bits per heavy atom. The minimum atomic E-state index is -1.13. The van der Waals surface area contributed by atoms with E-state index in [0.717, 1.165) is 11.4 Å². The highest BCUT2D eigenvalue weighted by Gasteiger charge is 2.33. The van der Waals surface area contributed by atoms with Gasteiger partial charge in [0.1, 0.15) is 30.4 Å². The third-order valence-electron chi connectivity index (χ3n) is 5.91. The second-order valence-electron chi connectivity index (χ2n) is 8.73. The summed E-state index contributed by atoms with van der Waals surface area (Å²) in [4.78, 5) is 6.39. The molecule has 1 aliphatic rings. The molecule has 0 radical (unpaired) electrons. The van der Waals surface area contributed by atoms with Crippen LogP contribution in [0.4, 0.5) is 0 Å². The minimum absolute atomic E-state index is 0.123. The van der Waals surface area contributed by atoms with Crippen LogP contribution in [-0.4, -0.2) is 71.8 Å². The summed E-state index contributed by atoms with van der Waals surface area (Å²) in [5, 5.41) is 11.8. The van der Waals surface area contributed by atoms with Gasteiger partial charge in [0.2, 0.25) is 0 Å². The summed E-state index contributed by atoms with van der Waals surface area (Å²) in [6, 6.07) is 13.0. The highest BCUT2D eigenvalue weighted by molar-refractivity contribution is 6.30. The van der Waals surface area contributed by atoms with Crippen molar-refractivity contribution in [1.82, 2.24) is 14.5 Å². The SMILES string of the molecule is COc1cc(CN2CCOC[C@@](O)(COc3ccc(Cl)cc3)C2)ccc1OCCn1ccnc1C. The third-order valence-corrected chi connectivity index (χ3v) is 6.16. The van der Waals surface area contributed by atoms with Crippen LogP contribution < -0.4 is 14.2 Å². The monoisotopic (exact) mass is 501 g/mol. The predicted molar refractivity (Wildman–Crippen MR) is 133 cm³/mol. The van der Waals surface area contributed by atoms with Gasteiger partial charge in [0.05, 0.1) is 26.9 Å². The van der Waals surface area contributed by atoms with Gasteiger partial charge in [-0.05, 0) is 48.9 Å². The molecule has 0 aliphatic carbocycles. The number of aryl methyl sites for hydroxylation is 1. The van der Waals surface area contributed by atoms with Crippen LogP contribution >= 0.6 is 11.6 Å². The number of hydrogen-bond acceptors (Lipinski definition) is 7. The van der Waals surface area contributed by atoms with Gasteiger partial charge in [0, 0.05) is 37.1 Å². The van der Waals surface area contributed by atoms with Crippen molar-refractivity contribution in [2.24, 2.45) is 0 Å². The maximum Gasteiger partial charge on any atom is 0.161 e. The molecule has 4 rings (SSSR count). The van der Waals surface area contributed by atoms with Gasteiger partial charge < -0.3 is 28.6 Å². The zero-order valence-corrected chi connectivity index (χ0v) is 20.9. The average molecular weight is 502 g/mol. The first-order valence-corrected chi connectivity index (χ1v) is 12.0. The first-order valence-electron chi connectivity index (χ1n) is 11.6. The van der Waals surface area contributed by atoms with Crippen LogP contribution in [0.25, 0.3) is 0 Å². The normalized spacial score (nSPS) is 18.7. The standard InChI is InChI=1S/C26H32ClN3O5/c1-20-28-9-10-30(20)12-14-34-24-8-3-21(15-25(24)32-2)16-29-11-13-33-18-26(31,17-29)19-35-23-6-4-22(27)5-7-23/h3-10,15,31H,11-14,16-19H2,1-2H3/t26-/m1/s1. The molecule has 0 saturated carbocycles. The van der Waals surface area contributed by atoms with Crippen molar-refractivity contribution in [3.05, 3.63) is 71.3 Å². The van der Waals surface area contributed by atoms with Crippen LogP contribution in [-0.2, 0) is 17.8 Å². The lowest BCUT2D eigenvalue weighted by Gasteiger charge is -2.30. The lowest BCUT2D eigenvalue weighted by molar-refractivity contribution is -0.0646. The number of aromatic nitrogens is 2. The fraction of sp³-hybridized carbons (Fsp3) is 0.423. The van der Waals surface area contributed by atoms with Gasteiger partial charge in [0.15, 0.2) is 11.5 Å². The quantitative estimate of drug-likeness (QED) is 0.455. The number of methoxy groups -OCH3 is 1. The Morgan fingerprint density at radius 1 is 1.14 bits per heavy atom. The summed E-state index contributed by atoms with van der Waals surface area (Å²) in [7, 11) is 1.64. The summed E-state index contributed by atoms with van der Waals surface area (Å²) >= 11 is 5.94.